The van der Waals surface area contributed by atoms with Gasteiger partial charge in [0, 0.05) is 22.4 Å². The maximum Gasteiger partial charge on any atom is 0.0833 e. The van der Waals surface area contributed by atoms with Crippen molar-refractivity contribution in [3.05, 3.63) is 28.5 Å². The Hall–Kier alpha value is -0.410. The number of aromatic nitrogens is 1. The van der Waals surface area contributed by atoms with Crippen LogP contribution in [-0.4, -0.2) is 10.1 Å². The predicted octanol–water partition coefficient (Wildman–Crippen LogP) is 4.09. The van der Waals surface area contributed by atoms with Crippen LogP contribution in [-0.2, 0) is 0 Å². The molecule has 0 saturated heterocycles. The first-order valence-corrected chi connectivity index (χ1v) is 7.28. The van der Waals surface area contributed by atoms with Crippen molar-refractivity contribution in [2.75, 3.05) is 0 Å². The van der Waals surface area contributed by atoms with E-state index in [2.05, 4.69) is 27.8 Å². The van der Waals surface area contributed by atoms with Crippen LogP contribution in [0.1, 0.15) is 50.7 Å². The van der Waals surface area contributed by atoms with Crippen LogP contribution in [0.2, 0.25) is 0 Å². The number of halogens is 1. The van der Waals surface area contributed by atoms with Gasteiger partial charge in [0.2, 0.25) is 0 Å². The number of pyridine rings is 1. The summed E-state index contributed by atoms with van der Waals surface area (Å²) in [5.74, 6) is 1.20. The average Bonchev–Trinajstić information content (AvgIpc) is 2.38. The van der Waals surface area contributed by atoms with E-state index >= 15 is 0 Å². The van der Waals surface area contributed by atoms with Gasteiger partial charge in [0.15, 0.2) is 0 Å². The highest BCUT2D eigenvalue weighted by Crippen LogP contribution is 2.38. The number of hydrogen-bond donors (Lipinski definition) is 1. The maximum atomic E-state index is 10.4. The first-order valence-electron chi connectivity index (χ1n) is 6.49. The second-order valence-corrected chi connectivity index (χ2v) is 6.00. The smallest absolute Gasteiger partial charge is 0.0833 e. The molecule has 1 aromatic rings. The summed E-state index contributed by atoms with van der Waals surface area (Å²) < 4.78 is 0.942. The van der Waals surface area contributed by atoms with E-state index in [0.29, 0.717) is 5.92 Å². The zero-order valence-electron chi connectivity index (χ0n) is 10.3. The average molecular weight is 298 g/mol. The van der Waals surface area contributed by atoms with Crippen LogP contribution >= 0.6 is 15.9 Å². The molecule has 3 unspecified atom stereocenters. The molecule has 1 aromatic heterocycles. The molecular formula is C14H20BrNO. The molecule has 0 radical (unpaired) electrons. The van der Waals surface area contributed by atoms with Crippen molar-refractivity contribution in [1.29, 1.82) is 0 Å². The minimum atomic E-state index is -0.352. The first kappa shape index (κ1) is 13.0. The van der Waals surface area contributed by atoms with Gasteiger partial charge in [-0.15, -0.1) is 0 Å². The van der Waals surface area contributed by atoms with E-state index in [-0.39, 0.29) is 6.10 Å². The second-order valence-electron chi connectivity index (χ2n) is 5.08. The van der Waals surface area contributed by atoms with Gasteiger partial charge < -0.3 is 5.11 Å². The van der Waals surface area contributed by atoms with Crippen LogP contribution in [0.5, 0.6) is 0 Å². The van der Waals surface area contributed by atoms with E-state index in [1.165, 1.54) is 19.3 Å². The van der Waals surface area contributed by atoms with Crippen LogP contribution < -0.4 is 0 Å². The highest BCUT2D eigenvalue weighted by atomic mass is 79.9. The van der Waals surface area contributed by atoms with E-state index < -0.39 is 0 Å². The molecule has 1 N–H and O–H groups in total. The normalized spacial score (nSPS) is 26.8. The third-order valence-corrected chi connectivity index (χ3v) is 4.35. The number of aliphatic hydroxyl groups is 1. The fraction of sp³-hybridized carbons (Fsp3) is 0.643. The Balaban J connectivity index is 2.06. The Kier molecular flexibility index (Phi) is 4.57. The molecule has 0 spiro atoms. The highest BCUT2D eigenvalue weighted by molar-refractivity contribution is 9.10. The molecule has 1 aliphatic carbocycles. The lowest BCUT2D eigenvalue weighted by Gasteiger charge is -2.31. The van der Waals surface area contributed by atoms with Crippen LogP contribution in [0.4, 0.5) is 0 Å². The van der Waals surface area contributed by atoms with Crippen molar-refractivity contribution in [3.8, 4) is 0 Å². The molecule has 17 heavy (non-hydrogen) atoms. The van der Waals surface area contributed by atoms with Crippen LogP contribution in [0.3, 0.4) is 0 Å². The number of nitrogens with zero attached hydrogens (tertiary/aromatic N) is 1. The monoisotopic (exact) mass is 297 g/mol. The molecule has 1 aliphatic rings. The molecule has 3 heteroatoms. The van der Waals surface area contributed by atoms with E-state index in [9.17, 15) is 5.11 Å². The number of aliphatic hydroxyl groups excluding tert-OH is 1. The molecule has 0 aromatic carbocycles. The lowest BCUT2D eigenvalue weighted by molar-refractivity contribution is 0.0675. The largest absolute Gasteiger partial charge is 0.388 e. The molecule has 0 aliphatic heterocycles. The topological polar surface area (TPSA) is 33.1 Å². The lowest BCUT2D eigenvalue weighted by atomic mass is 9.76. The van der Waals surface area contributed by atoms with Gasteiger partial charge in [-0.1, -0.05) is 26.2 Å². The summed E-state index contributed by atoms with van der Waals surface area (Å²) in [5, 5.41) is 10.4. The third kappa shape index (κ3) is 3.29. The van der Waals surface area contributed by atoms with E-state index in [1.807, 2.05) is 6.07 Å². The Morgan fingerprint density at radius 2 is 2.29 bits per heavy atom. The third-order valence-electron chi connectivity index (χ3n) is 3.91. The summed E-state index contributed by atoms with van der Waals surface area (Å²) in [6.07, 6.45) is 9.30. The van der Waals surface area contributed by atoms with Gasteiger partial charge in [-0.25, -0.2) is 0 Å². The van der Waals surface area contributed by atoms with Gasteiger partial charge in [-0.05, 0) is 46.7 Å². The van der Waals surface area contributed by atoms with E-state index in [1.54, 1.807) is 12.4 Å². The molecule has 1 saturated carbocycles. The Morgan fingerprint density at radius 1 is 1.47 bits per heavy atom. The van der Waals surface area contributed by atoms with Gasteiger partial charge in [0.25, 0.3) is 0 Å². The first-order chi connectivity index (χ1) is 8.20. The fourth-order valence-corrected chi connectivity index (χ4v) is 3.23. The SMILES string of the molecule is CCC1CCCC(C(O)c2cncc(Br)c2)C1. The van der Waals surface area contributed by atoms with Crippen molar-refractivity contribution in [1.82, 2.24) is 4.98 Å². The van der Waals surface area contributed by atoms with Crippen molar-refractivity contribution in [2.24, 2.45) is 11.8 Å². The summed E-state index contributed by atoms with van der Waals surface area (Å²) in [7, 11) is 0. The summed E-state index contributed by atoms with van der Waals surface area (Å²) in [4.78, 5) is 4.13. The molecule has 1 fully saturated rings. The van der Waals surface area contributed by atoms with E-state index in [4.69, 9.17) is 0 Å². The summed E-state index contributed by atoms with van der Waals surface area (Å²) in [5.41, 5.74) is 0.945. The molecule has 1 heterocycles. The van der Waals surface area contributed by atoms with Crippen molar-refractivity contribution < 1.29 is 5.11 Å². The molecule has 0 amide bonds. The van der Waals surface area contributed by atoms with Crippen LogP contribution in [0.15, 0.2) is 22.9 Å². The predicted molar refractivity (Wildman–Crippen MR) is 72.6 cm³/mol. The lowest BCUT2D eigenvalue weighted by Crippen LogP contribution is -2.21. The standard InChI is InChI=1S/C14H20BrNO/c1-2-10-4-3-5-11(6-10)14(17)12-7-13(15)9-16-8-12/h7-11,14,17H,2-6H2,1H3. The highest BCUT2D eigenvalue weighted by Gasteiger charge is 2.27. The zero-order valence-corrected chi connectivity index (χ0v) is 11.9. The number of rotatable bonds is 3. The van der Waals surface area contributed by atoms with Gasteiger partial charge in [-0.3, -0.25) is 4.98 Å². The fourth-order valence-electron chi connectivity index (χ4n) is 2.85. The molecular weight excluding hydrogens is 278 g/mol. The van der Waals surface area contributed by atoms with Crippen molar-refractivity contribution in [3.63, 3.8) is 0 Å². The van der Waals surface area contributed by atoms with Crippen LogP contribution in [0.25, 0.3) is 0 Å². The quantitative estimate of drug-likeness (QED) is 0.911. The Labute approximate surface area is 112 Å². The molecule has 2 rings (SSSR count). The minimum absolute atomic E-state index is 0.352. The van der Waals surface area contributed by atoms with Gasteiger partial charge in [0.05, 0.1) is 6.10 Å². The minimum Gasteiger partial charge on any atom is -0.388 e. The second kappa shape index (κ2) is 5.96. The number of hydrogen-bond acceptors (Lipinski definition) is 2. The maximum absolute atomic E-state index is 10.4. The van der Waals surface area contributed by atoms with E-state index in [0.717, 1.165) is 28.8 Å². The Bertz CT molecular complexity index is 369. The summed E-state index contributed by atoms with van der Waals surface area (Å²) in [6.45, 7) is 2.25. The summed E-state index contributed by atoms with van der Waals surface area (Å²) >= 11 is 3.41. The van der Waals surface area contributed by atoms with Gasteiger partial charge in [-0.2, -0.15) is 0 Å². The van der Waals surface area contributed by atoms with Crippen molar-refractivity contribution >= 4 is 15.9 Å². The molecule has 0 bridgehead atoms. The van der Waals surface area contributed by atoms with Gasteiger partial charge >= 0.3 is 0 Å². The van der Waals surface area contributed by atoms with Crippen molar-refractivity contribution in [2.45, 2.75) is 45.1 Å². The molecule has 2 nitrogen and oxygen atoms in total. The Morgan fingerprint density at radius 3 is 3.00 bits per heavy atom. The molecule has 3 atom stereocenters. The van der Waals surface area contributed by atoms with Crippen LogP contribution in [0, 0.1) is 11.8 Å². The molecule has 94 valence electrons. The zero-order chi connectivity index (χ0) is 12.3. The van der Waals surface area contributed by atoms with Gasteiger partial charge in [0.1, 0.15) is 0 Å². The summed E-state index contributed by atoms with van der Waals surface area (Å²) in [6, 6.07) is 1.98.